The van der Waals surface area contributed by atoms with E-state index in [1.807, 2.05) is 6.92 Å². The zero-order valence-corrected chi connectivity index (χ0v) is 9.26. The Morgan fingerprint density at radius 2 is 1.69 bits per heavy atom. The molecule has 0 saturated heterocycles. The minimum atomic E-state index is -0.663. The number of hydrogen-bond donors (Lipinski definition) is 1. The van der Waals surface area contributed by atoms with Gasteiger partial charge < -0.3 is 5.11 Å². The molecular weight excluding hydrogens is 164 g/mol. The van der Waals surface area contributed by atoms with Gasteiger partial charge in [0.1, 0.15) is 0 Å². The zero-order valence-electron chi connectivity index (χ0n) is 9.26. The van der Waals surface area contributed by atoms with Crippen LogP contribution in [0.4, 0.5) is 0 Å². The minimum absolute atomic E-state index is 0.0185. The topological polar surface area (TPSA) is 37.3 Å². The molecule has 2 heteroatoms. The zero-order chi connectivity index (χ0) is 10.5. The van der Waals surface area contributed by atoms with Crippen LogP contribution in [0.1, 0.15) is 53.4 Å². The highest BCUT2D eigenvalue weighted by Crippen LogP contribution is 2.37. The smallest absolute Gasteiger partial charge is 0.306 e. The first-order chi connectivity index (χ1) is 5.98. The van der Waals surface area contributed by atoms with Crippen LogP contribution in [0.25, 0.3) is 0 Å². The van der Waals surface area contributed by atoms with E-state index >= 15 is 0 Å². The molecule has 1 N–H and O–H groups in total. The van der Waals surface area contributed by atoms with Crippen LogP contribution >= 0.6 is 0 Å². The molecule has 0 bridgehead atoms. The summed E-state index contributed by atoms with van der Waals surface area (Å²) < 4.78 is 0. The van der Waals surface area contributed by atoms with Gasteiger partial charge in [0.05, 0.1) is 5.92 Å². The molecule has 0 aliphatic carbocycles. The summed E-state index contributed by atoms with van der Waals surface area (Å²) in [5.74, 6) is -0.892. The van der Waals surface area contributed by atoms with Crippen LogP contribution in [-0.4, -0.2) is 11.1 Å². The molecule has 13 heavy (non-hydrogen) atoms. The van der Waals surface area contributed by atoms with Gasteiger partial charge in [-0.25, -0.2) is 0 Å². The lowest BCUT2D eigenvalue weighted by molar-refractivity contribution is -0.145. The minimum Gasteiger partial charge on any atom is -0.481 e. The summed E-state index contributed by atoms with van der Waals surface area (Å²) in [6, 6.07) is 0. The van der Waals surface area contributed by atoms with Crippen molar-refractivity contribution in [2.24, 2.45) is 11.3 Å². The molecule has 0 radical (unpaired) electrons. The Labute approximate surface area is 81.3 Å². The van der Waals surface area contributed by atoms with Crippen molar-refractivity contribution in [1.29, 1.82) is 0 Å². The van der Waals surface area contributed by atoms with Crippen LogP contribution in [0.15, 0.2) is 0 Å². The third-order valence-corrected chi connectivity index (χ3v) is 3.06. The Morgan fingerprint density at radius 3 is 1.92 bits per heavy atom. The number of carboxylic acid groups (broad SMARTS) is 1. The van der Waals surface area contributed by atoms with Gasteiger partial charge in [-0.05, 0) is 18.3 Å². The first-order valence-electron chi connectivity index (χ1n) is 5.20. The maximum absolute atomic E-state index is 10.9. The Bertz CT molecular complexity index is 157. The van der Waals surface area contributed by atoms with E-state index in [1.165, 1.54) is 0 Å². The molecule has 0 aromatic rings. The third kappa shape index (κ3) is 3.37. The summed E-state index contributed by atoms with van der Waals surface area (Å²) in [6.45, 7) is 8.15. The van der Waals surface area contributed by atoms with Crippen molar-refractivity contribution >= 4 is 5.97 Å². The SMILES string of the molecule is CCCC(C)(CCC)C(C)C(=O)O. The number of carbonyl (C=O) groups is 1. The fourth-order valence-electron chi connectivity index (χ4n) is 2.00. The molecule has 1 unspecified atom stereocenters. The largest absolute Gasteiger partial charge is 0.481 e. The number of hydrogen-bond acceptors (Lipinski definition) is 1. The summed E-state index contributed by atoms with van der Waals surface area (Å²) in [6.07, 6.45) is 4.14. The highest BCUT2D eigenvalue weighted by molar-refractivity contribution is 5.70. The quantitative estimate of drug-likeness (QED) is 0.691. The van der Waals surface area contributed by atoms with E-state index in [4.69, 9.17) is 5.11 Å². The average Bonchev–Trinajstić information content (AvgIpc) is 2.03. The van der Waals surface area contributed by atoms with Gasteiger partial charge in [-0.1, -0.05) is 40.5 Å². The highest BCUT2D eigenvalue weighted by atomic mass is 16.4. The van der Waals surface area contributed by atoms with Gasteiger partial charge in [-0.3, -0.25) is 4.79 Å². The molecule has 0 saturated carbocycles. The Hall–Kier alpha value is -0.530. The standard InChI is InChI=1S/C11H22O2/c1-5-7-11(4,8-6-2)9(3)10(12)13/h9H,5-8H2,1-4H3,(H,12,13). The van der Waals surface area contributed by atoms with E-state index in [0.717, 1.165) is 25.7 Å². The summed E-state index contributed by atoms with van der Waals surface area (Å²) in [5, 5.41) is 8.97. The molecule has 0 spiro atoms. The maximum Gasteiger partial charge on any atom is 0.306 e. The van der Waals surface area contributed by atoms with Crippen molar-refractivity contribution in [2.45, 2.75) is 53.4 Å². The van der Waals surface area contributed by atoms with Crippen molar-refractivity contribution in [3.8, 4) is 0 Å². The number of aliphatic carboxylic acids is 1. The van der Waals surface area contributed by atoms with E-state index < -0.39 is 5.97 Å². The Morgan fingerprint density at radius 1 is 1.31 bits per heavy atom. The number of carboxylic acids is 1. The fraction of sp³-hybridized carbons (Fsp3) is 0.909. The molecule has 78 valence electrons. The summed E-state index contributed by atoms with van der Waals surface area (Å²) in [4.78, 5) is 10.9. The van der Waals surface area contributed by atoms with Gasteiger partial charge in [-0.2, -0.15) is 0 Å². The third-order valence-electron chi connectivity index (χ3n) is 3.06. The van der Waals surface area contributed by atoms with Crippen LogP contribution in [0.2, 0.25) is 0 Å². The normalized spacial score (nSPS) is 14.2. The Kier molecular flexibility index (Phi) is 5.04. The lowest BCUT2D eigenvalue weighted by atomic mass is 9.71. The Balaban J connectivity index is 4.45. The summed E-state index contributed by atoms with van der Waals surface area (Å²) in [7, 11) is 0. The number of rotatable bonds is 6. The second-order valence-electron chi connectivity index (χ2n) is 4.21. The second-order valence-corrected chi connectivity index (χ2v) is 4.21. The van der Waals surface area contributed by atoms with Crippen molar-refractivity contribution < 1.29 is 9.90 Å². The molecule has 0 rings (SSSR count). The monoisotopic (exact) mass is 186 g/mol. The molecule has 0 amide bonds. The van der Waals surface area contributed by atoms with E-state index in [-0.39, 0.29) is 11.3 Å². The molecule has 0 heterocycles. The van der Waals surface area contributed by atoms with E-state index in [2.05, 4.69) is 20.8 Å². The predicted molar refractivity (Wildman–Crippen MR) is 54.7 cm³/mol. The van der Waals surface area contributed by atoms with Gasteiger partial charge in [-0.15, -0.1) is 0 Å². The molecule has 1 atom stereocenters. The fourth-order valence-corrected chi connectivity index (χ4v) is 2.00. The first-order valence-corrected chi connectivity index (χ1v) is 5.20. The van der Waals surface area contributed by atoms with Crippen LogP contribution in [0, 0.1) is 11.3 Å². The van der Waals surface area contributed by atoms with E-state index in [9.17, 15) is 4.79 Å². The molecule has 0 aliphatic rings. The molecule has 0 aromatic carbocycles. The van der Waals surface area contributed by atoms with Crippen LogP contribution in [-0.2, 0) is 4.79 Å². The van der Waals surface area contributed by atoms with Crippen LogP contribution < -0.4 is 0 Å². The van der Waals surface area contributed by atoms with Gasteiger partial charge in [0.15, 0.2) is 0 Å². The molecular formula is C11H22O2. The molecule has 0 aromatic heterocycles. The first kappa shape index (κ1) is 12.5. The molecule has 0 fully saturated rings. The lowest BCUT2D eigenvalue weighted by Crippen LogP contribution is -2.31. The van der Waals surface area contributed by atoms with Crippen LogP contribution in [0.3, 0.4) is 0 Å². The van der Waals surface area contributed by atoms with Gasteiger partial charge in [0, 0.05) is 0 Å². The summed E-state index contributed by atoms with van der Waals surface area (Å²) in [5.41, 5.74) is -0.0185. The predicted octanol–water partition coefficient (Wildman–Crippen LogP) is 3.31. The van der Waals surface area contributed by atoms with Crippen molar-refractivity contribution in [1.82, 2.24) is 0 Å². The molecule has 2 nitrogen and oxygen atoms in total. The summed E-state index contributed by atoms with van der Waals surface area (Å²) >= 11 is 0. The second kappa shape index (κ2) is 5.25. The average molecular weight is 186 g/mol. The van der Waals surface area contributed by atoms with Crippen molar-refractivity contribution in [3.63, 3.8) is 0 Å². The van der Waals surface area contributed by atoms with Gasteiger partial charge in [0.25, 0.3) is 0 Å². The van der Waals surface area contributed by atoms with Gasteiger partial charge >= 0.3 is 5.97 Å². The molecule has 0 aliphatic heterocycles. The van der Waals surface area contributed by atoms with Crippen molar-refractivity contribution in [2.75, 3.05) is 0 Å². The van der Waals surface area contributed by atoms with E-state index in [0.29, 0.717) is 0 Å². The van der Waals surface area contributed by atoms with Crippen molar-refractivity contribution in [3.05, 3.63) is 0 Å². The van der Waals surface area contributed by atoms with Gasteiger partial charge in [0.2, 0.25) is 0 Å². The lowest BCUT2D eigenvalue weighted by Gasteiger charge is -2.33. The maximum atomic E-state index is 10.9. The van der Waals surface area contributed by atoms with Crippen LogP contribution in [0.5, 0.6) is 0 Å². The highest BCUT2D eigenvalue weighted by Gasteiger charge is 2.33. The van der Waals surface area contributed by atoms with E-state index in [1.54, 1.807) is 0 Å².